The van der Waals surface area contributed by atoms with Crippen LogP contribution in [-0.4, -0.2) is 35.1 Å². The number of imide groups is 2. The van der Waals surface area contributed by atoms with Crippen LogP contribution in [0, 0.1) is 0 Å². The molecule has 5 aromatic carbocycles. The van der Waals surface area contributed by atoms with E-state index in [4.69, 9.17) is 0 Å². The lowest BCUT2D eigenvalue weighted by Gasteiger charge is -2.29. The molecular weight excluding hydrogens is 600 g/mol. The molecule has 37 heavy (non-hydrogen) atoms. The lowest BCUT2D eigenvalue weighted by Crippen LogP contribution is -2.41. The minimum atomic E-state index is -0.434. The van der Waals surface area contributed by atoms with Gasteiger partial charge >= 0.3 is 0 Å². The number of nitrogens with one attached hydrogen (secondary N) is 1. The molecule has 5 aromatic rings. The number of fused-ring (bicyclic) bond motifs is 2. The predicted molar refractivity (Wildman–Crippen MR) is 150 cm³/mol. The van der Waals surface area contributed by atoms with E-state index in [1.165, 1.54) is 4.90 Å². The van der Waals surface area contributed by atoms with Gasteiger partial charge in [-0.1, -0.05) is 63.8 Å². The molecule has 2 aliphatic heterocycles. The number of carbonyl (C=O) groups is 4. The first-order valence-electron chi connectivity index (χ1n) is 12.1. The standard InChI is InChI=1S/C29H18Br2N2O4/c1-2-3-4-9-33-28(36)15-8-6-13-22-18(30)10-16-20-14(26(34)32-27(16)35)7-5-12(24(20)22)23-19(31)11-17(29(33)37)21(15)25(13)23/h5-8,10-11H,2-4,9H2,1H3,(H,32,34,35). The number of carbonyl (C=O) groups excluding carboxylic acids is 4. The first-order valence-corrected chi connectivity index (χ1v) is 13.7. The molecule has 2 aliphatic rings. The summed E-state index contributed by atoms with van der Waals surface area (Å²) in [6, 6.07) is 10.9. The molecular formula is C29H18Br2N2O4. The van der Waals surface area contributed by atoms with Crippen LogP contribution < -0.4 is 5.32 Å². The van der Waals surface area contributed by atoms with E-state index in [0.717, 1.165) is 56.1 Å². The van der Waals surface area contributed by atoms with E-state index in [-0.39, 0.29) is 11.8 Å². The summed E-state index contributed by atoms with van der Waals surface area (Å²) < 4.78 is 1.42. The van der Waals surface area contributed by atoms with Gasteiger partial charge in [0.1, 0.15) is 0 Å². The van der Waals surface area contributed by atoms with Crippen molar-refractivity contribution >= 4 is 98.6 Å². The molecule has 0 fully saturated rings. The molecule has 8 heteroatoms. The van der Waals surface area contributed by atoms with Crippen LogP contribution >= 0.6 is 31.9 Å². The quantitative estimate of drug-likeness (QED) is 0.103. The topological polar surface area (TPSA) is 83.6 Å². The smallest absolute Gasteiger partial charge is 0.261 e. The van der Waals surface area contributed by atoms with Crippen LogP contribution in [0.1, 0.15) is 67.6 Å². The van der Waals surface area contributed by atoms with E-state index >= 15 is 0 Å². The Bertz CT molecular complexity index is 1930. The molecule has 182 valence electrons. The fraction of sp³-hybridized carbons (Fsp3) is 0.172. The number of halogens is 2. The fourth-order valence-corrected chi connectivity index (χ4v) is 7.35. The largest absolute Gasteiger partial charge is 0.288 e. The number of hydrogen-bond acceptors (Lipinski definition) is 4. The van der Waals surface area contributed by atoms with Gasteiger partial charge in [0.15, 0.2) is 0 Å². The molecule has 6 nitrogen and oxygen atoms in total. The van der Waals surface area contributed by atoms with Crippen LogP contribution in [0.3, 0.4) is 0 Å². The summed E-state index contributed by atoms with van der Waals surface area (Å²) in [5, 5.41) is 8.68. The van der Waals surface area contributed by atoms with Crippen molar-refractivity contribution in [2.45, 2.75) is 26.2 Å². The highest BCUT2D eigenvalue weighted by molar-refractivity contribution is 9.11. The van der Waals surface area contributed by atoms with Crippen LogP contribution in [0.4, 0.5) is 0 Å². The average molecular weight is 618 g/mol. The Kier molecular flexibility index (Phi) is 4.82. The third-order valence-electron chi connectivity index (χ3n) is 7.66. The van der Waals surface area contributed by atoms with E-state index < -0.39 is 11.8 Å². The molecule has 2 heterocycles. The van der Waals surface area contributed by atoms with Crippen molar-refractivity contribution in [2.75, 3.05) is 6.54 Å². The Balaban J connectivity index is 1.65. The monoisotopic (exact) mass is 616 g/mol. The summed E-state index contributed by atoms with van der Waals surface area (Å²) in [6.45, 7) is 2.48. The van der Waals surface area contributed by atoms with E-state index in [9.17, 15) is 19.2 Å². The van der Waals surface area contributed by atoms with Crippen molar-refractivity contribution in [1.82, 2.24) is 10.2 Å². The van der Waals surface area contributed by atoms with Crippen molar-refractivity contribution in [2.24, 2.45) is 0 Å². The molecule has 0 atom stereocenters. The third-order valence-corrected chi connectivity index (χ3v) is 8.91. The highest BCUT2D eigenvalue weighted by atomic mass is 79.9. The van der Waals surface area contributed by atoms with Crippen LogP contribution in [0.2, 0.25) is 0 Å². The van der Waals surface area contributed by atoms with E-state index in [0.29, 0.717) is 44.0 Å². The third kappa shape index (κ3) is 2.85. The van der Waals surface area contributed by atoms with Crippen LogP contribution in [0.15, 0.2) is 45.3 Å². The Hall–Kier alpha value is -3.36. The second kappa shape index (κ2) is 7.82. The van der Waals surface area contributed by atoms with E-state index in [2.05, 4.69) is 44.1 Å². The van der Waals surface area contributed by atoms with Gasteiger partial charge in [-0.05, 0) is 41.5 Å². The van der Waals surface area contributed by atoms with Crippen molar-refractivity contribution < 1.29 is 19.2 Å². The molecule has 0 aromatic heterocycles. The average Bonchev–Trinajstić information content (AvgIpc) is 2.88. The maximum atomic E-state index is 13.6. The lowest BCUT2D eigenvalue weighted by molar-refractivity contribution is 0.0607. The minimum absolute atomic E-state index is 0.272. The SMILES string of the molecule is CCCCCN1C(=O)c2ccc3c4c(Br)cc5c6c(ccc(c7c(Br)cc(c2c37)C1=O)c64)C(=O)NC5=O. The number of rotatable bonds is 4. The van der Waals surface area contributed by atoms with Crippen LogP contribution in [0.5, 0.6) is 0 Å². The van der Waals surface area contributed by atoms with Gasteiger partial charge in [-0.2, -0.15) is 0 Å². The summed E-state index contributed by atoms with van der Waals surface area (Å²) in [4.78, 5) is 54.0. The number of hydrogen-bond donors (Lipinski definition) is 1. The Morgan fingerprint density at radius 3 is 1.84 bits per heavy atom. The van der Waals surface area contributed by atoms with Gasteiger partial charge in [0.05, 0.1) is 0 Å². The Morgan fingerprint density at radius 1 is 0.649 bits per heavy atom. The maximum absolute atomic E-state index is 13.6. The number of benzene rings is 5. The summed E-state index contributed by atoms with van der Waals surface area (Å²) >= 11 is 7.41. The summed E-state index contributed by atoms with van der Waals surface area (Å²) in [5.41, 5.74) is 1.89. The molecule has 7 rings (SSSR count). The van der Waals surface area contributed by atoms with Gasteiger partial charge in [-0.15, -0.1) is 0 Å². The summed E-state index contributed by atoms with van der Waals surface area (Å²) in [5.74, 6) is -1.41. The van der Waals surface area contributed by atoms with Crippen molar-refractivity contribution in [1.29, 1.82) is 0 Å². The van der Waals surface area contributed by atoms with Gasteiger partial charge in [-0.3, -0.25) is 29.4 Å². The van der Waals surface area contributed by atoms with E-state index in [1.807, 2.05) is 12.1 Å². The predicted octanol–water partition coefficient (Wildman–Crippen LogP) is 6.93. The first kappa shape index (κ1) is 22.8. The zero-order valence-corrected chi connectivity index (χ0v) is 22.8. The van der Waals surface area contributed by atoms with Crippen LogP contribution in [0.25, 0.3) is 43.1 Å². The fourth-order valence-electron chi connectivity index (χ4n) is 6.07. The molecule has 0 aliphatic carbocycles. The van der Waals surface area contributed by atoms with Crippen molar-refractivity contribution in [3.8, 4) is 0 Å². The zero-order valence-electron chi connectivity index (χ0n) is 19.6. The minimum Gasteiger partial charge on any atom is -0.288 e. The number of amides is 4. The molecule has 0 saturated heterocycles. The first-order chi connectivity index (χ1) is 17.8. The van der Waals surface area contributed by atoms with Gasteiger partial charge in [0.25, 0.3) is 23.6 Å². The van der Waals surface area contributed by atoms with Gasteiger partial charge < -0.3 is 0 Å². The molecule has 0 unspecified atom stereocenters. The normalized spacial score (nSPS) is 15.2. The van der Waals surface area contributed by atoms with Gasteiger partial charge in [0, 0.05) is 70.1 Å². The van der Waals surface area contributed by atoms with Crippen LogP contribution in [-0.2, 0) is 0 Å². The molecule has 0 saturated carbocycles. The Labute approximate surface area is 227 Å². The van der Waals surface area contributed by atoms with Crippen molar-refractivity contribution in [3.63, 3.8) is 0 Å². The number of nitrogens with zero attached hydrogens (tertiary/aromatic N) is 1. The molecule has 0 spiro atoms. The second-order valence-electron chi connectivity index (χ2n) is 9.64. The molecule has 0 radical (unpaired) electrons. The highest BCUT2D eigenvalue weighted by Gasteiger charge is 2.36. The van der Waals surface area contributed by atoms with Crippen molar-refractivity contribution in [3.05, 3.63) is 67.6 Å². The van der Waals surface area contributed by atoms with Gasteiger partial charge in [-0.25, -0.2) is 0 Å². The molecule has 0 bridgehead atoms. The maximum Gasteiger partial charge on any atom is 0.261 e. The summed E-state index contributed by atoms with van der Waals surface area (Å²) in [6.07, 6.45) is 2.71. The van der Waals surface area contributed by atoms with E-state index in [1.54, 1.807) is 24.3 Å². The Morgan fingerprint density at radius 2 is 1.19 bits per heavy atom. The number of unbranched alkanes of at least 4 members (excludes halogenated alkanes) is 2. The second-order valence-corrected chi connectivity index (χ2v) is 11.3. The summed E-state index contributed by atoms with van der Waals surface area (Å²) in [7, 11) is 0. The zero-order chi connectivity index (χ0) is 25.7. The molecule has 1 N–H and O–H groups in total. The van der Waals surface area contributed by atoms with Gasteiger partial charge in [0.2, 0.25) is 0 Å². The molecule has 4 amide bonds. The lowest BCUT2D eigenvalue weighted by atomic mass is 9.82. The highest BCUT2D eigenvalue weighted by Crippen LogP contribution is 2.49.